The normalized spacial score (nSPS) is 10.4. The Labute approximate surface area is 134 Å². The summed E-state index contributed by atoms with van der Waals surface area (Å²) in [6.07, 6.45) is 4.59. The number of nitro groups is 1. The van der Waals surface area contributed by atoms with Crippen molar-refractivity contribution in [1.82, 2.24) is 19.9 Å². The Hall–Kier alpha value is -3.14. The summed E-state index contributed by atoms with van der Waals surface area (Å²) in [6.45, 7) is 0.286. The summed E-state index contributed by atoms with van der Waals surface area (Å²) in [5, 5.41) is 16.6. The highest BCUT2D eigenvalue weighted by Gasteiger charge is 2.20. The molecule has 0 amide bonds. The molecule has 0 aromatic carbocycles. The molecule has 0 spiro atoms. The van der Waals surface area contributed by atoms with Crippen molar-refractivity contribution >= 4 is 28.7 Å². The average molecular weight is 329 g/mol. The average Bonchev–Trinajstić information content (AvgIpc) is 3.02. The van der Waals surface area contributed by atoms with E-state index in [1.165, 1.54) is 17.7 Å². The van der Waals surface area contributed by atoms with Crippen molar-refractivity contribution in [2.75, 3.05) is 11.1 Å². The van der Waals surface area contributed by atoms with Crippen LogP contribution in [0.5, 0.6) is 0 Å². The van der Waals surface area contributed by atoms with Crippen LogP contribution in [0.3, 0.4) is 0 Å². The number of hydrogen-bond donors (Lipinski definition) is 2. The molecule has 3 heterocycles. The van der Waals surface area contributed by atoms with Gasteiger partial charge in [-0.25, -0.2) is 15.0 Å². The number of nitrogens with zero attached hydrogens (tertiary/aromatic N) is 5. The van der Waals surface area contributed by atoms with Crippen molar-refractivity contribution in [2.45, 2.75) is 6.54 Å². The van der Waals surface area contributed by atoms with Gasteiger partial charge in [0.05, 0.1) is 17.2 Å². The van der Waals surface area contributed by atoms with E-state index < -0.39 is 4.92 Å². The Morgan fingerprint density at radius 3 is 3.00 bits per heavy atom. The Kier molecular flexibility index (Phi) is 4.06. The van der Waals surface area contributed by atoms with Crippen LogP contribution in [0.2, 0.25) is 0 Å². The molecule has 0 bridgehead atoms. The third-order valence-corrected chi connectivity index (χ3v) is 3.87. The lowest BCUT2D eigenvalue weighted by molar-refractivity contribution is -0.383. The first-order chi connectivity index (χ1) is 11.1. The minimum absolute atomic E-state index is 0.0680. The topological polar surface area (TPSA) is 133 Å². The lowest BCUT2D eigenvalue weighted by Crippen LogP contribution is -2.08. The summed E-state index contributed by atoms with van der Waals surface area (Å²) in [5.41, 5.74) is 6.83. The zero-order chi connectivity index (χ0) is 16.2. The predicted octanol–water partition coefficient (Wildman–Crippen LogP) is 2.10. The monoisotopic (exact) mass is 329 g/mol. The summed E-state index contributed by atoms with van der Waals surface area (Å²) in [7, 11) is 0. The molecule has 0 atom stereocenters. The van der Waals surface area contributed by atoms with Crippen LogP contribution in [0.4, 0.5) is 17.3 Å². The lowest BCUT2D eigenvalue weighted by Gasteiger charge is -2.05. The molecule has 3 rings (SSSR count). The van der Waals surface area contributed by atoms with Crippen molar-refractivity contribution < 1.29 is 4.92 Å². The molecule has 0 radical (unpaired) electrons. The molecule has 3 N–H and O–H groups in total. The molecule has 0 saturated heterocycles. The Morgan fingerprint density at radius 2 is 2.26 bits per heavy atom. The van der Waals surface area contributed by atoms with Crippen molar-refractivity contribution in [2.24, 2.45) is 0 Å². The SMILES string of the molecule is Nc1ncnc(NCc2csc(-c3cccnc3)n2)c1[N+](=O)[O-]. The van der Waals surface area contributed by atoms with E-state index in [0.29, 0.717) is 0 Å². The molecule has 0 aliphatic rings. The van der Waals surface area contributed by atoms with Gasteiger partial charge in [0.2, 0.25) is 11.6 Å². The van der Waals surface area contributed by atoms with Gasteiger partial charge in [-0.2, -0.15) is 0 Å². The highest BCUT2D eigenvalue weighted by molar-refractivity contribution is 7.13. The van der Waals surface area contributed by atoms with Crippen LogP contribution in [0.25, 0.3) is 10.6 Å². The maximum Gasteiger partial charge on any atom is 0.352 e. The van der Waals surface area contributed by atoms with Crippen LogP contribution in [0.15, 0.2) is 36.2 Å². The van der Waals surface area contributed by atoms with Crippen LogP contribution < -0.4 is 11.1 Å². The molecule has 0 aliphatic carbocycles. The van der Waals surface area contributed by atoms with Gasteiger partial charge < -0.3 is 11.1 Å². The standard InChI is InChI=1S/C13H11N7O2S/c14-11-10(20(21)22)12(18-7-17-11)16-5-9-6-23-13(19-9)8-2-1-3-15-4-8/h1-4,6-7H,5H2,(H3,14,16,17,18). The molecule has 0 saturated carbocycles. The zero-order valence-electron chi connectivity index (χ0n) is 11.7. The van der Waals surface area contributed by atoms with Gasteiger partial charge >= 0.3 is 5.69 Å². The second-order valence-electron chi connectivity index (χ2n) is 4.45. The van der Waals surface area contributed by atoms with Crippen molar-refractivity contribution in [3.05, 3.63) is 52.0 Å². The van der Waals surface area contributed by atoms with Gasteiger partial charge in [-0.05, 0) is 12.1 Å². The fourth-order valence-corrected chi connectivity index (χ4v) is 2.70. The quantitative estimate of drug-likeness (QED) is 0.537. The maximum absolute atomic E-state index is 11.0. The Balaban J connectivity index is 1.76. The van der Waals surface area contributed by atoms with Crippen LogP contribution in [-0.2, 0) is 6.54 Å². The summed E-state index contributed by atoms with van der Waals surface area (Å²) < 4.78 is 0. The molecule has 3 aromatic rings. The van der Waals surface area contributed by atoms with Gasteiger partial charge in [-0.3, -0.25) is 15.1 Å². The summed E-state index contributed by atoms with van der Waals surface area (Å²) in [5.74, 6) is -0.111. The molecule has 23 heavy (non-hydrogen) atoms. The molecule has 0 unspecified atom stereocenters. The lowest BCUT2D eigenvalue weighted by atomic mass is 10.3. The van der Waals surface area contributed by atoms with E-state index >= 15 is 0 Å². The molecular weight excluding hydrogens is 318 g/mol. The van der Waals surface area contributed by atoms with E-state index in [-0.39, 0.29) is 23.9 Å². The third kappa shape index (κ3) is 3.21. The van der Waals surface area contributed by atoms with Crippen LogP contribution in [0.1, 0.15) is 5.69 Å². The van der Waals surface area contributed by atoms with Crippen LogP contribution >= 0.6 is 11.3 Å². The van der Waals surface area contributed by atoms with Crippen molar-refractivity contribution in [3.8, 4) is 10.6 Å². The Morgan fingerprint density at radius 1 is 1.39 bits per heavy atom. The number of aromatic nitrogens is 4. The van der Waals surface area contributed by atoms with Gasteiger partial charge in [0, 0.05) is 23.3 Å². The van der Waals surface area contributed by atoms with E-state index in [2.05, 4.69) is 25.3 Å². The first-order valence-corrected chi connectivity index (χ1v) is 7.36. The van der Waals surface area contributed by atoms with E-state index in [4.69, 9.17) is 5.73 Å². The second kappa shape index (κ2) is 6.32. The number of pyridine rings is 1. The van der Waals surface area contributed by atoms with Gasteiger partial charge in [0.1, 0.15) is 11.3 Å². The maximum atomic E-state index is 11.0. The molecule has 116 valence electrons. The number of nitrogen functional groups attached to an aromatic ring is 1. The van der Waals surface area contributed by atoms with E-state index in [9.17, 15) is 10.1 Å². The summed E-state index contributed by atoms with van der Waals surface area (Å²) in [6, 6.07) is 3.75. The Bertz CT molecular complexity index is 837. The minimum Gasteiger partial charge on any atom is -0.378 e. The number of thiazole rings is 1. The molecule has 9 nitrogen and oxygen atoms in total. The number of rotatable bonds is 5. The van der Waals surface area contributed by atoms with Crippen LogP contribution in [0, 0.1) is 10.1 Å². The number of anilines is 2. The minimum atomic E-state index is -0.611. The van der Waals surface area contributed by atoms with Gasteiger partial charge in [0.25, 0.3) is 0 Å². The zero-order valence-corrected chi connectivity index (χ0v) is 12.5. The number of nitrogens with one attached hydrogen (secondary N) is 1. The van der Waals surface area contributed by atoms with E-state index in [1.54, 1.807) is 12.4 Å². The van der Waals surface area contributed by atoms with E-state index in [1.807, 2.05) is 17.5 Å². The van der Waals surface area contributed by atoms with Crippen molar-refractivity contribution in [1.29, 1.82) is 0 Å². The molecule has 0 aliphatic heterocycles. The third-order valence-electron chi connectivity index (χ3n) is 2.93. The van der Waals surface area contributed by atoms with Crippen LogP contribution in [-0.4, -0.2) is 24.9 Å². The van der Waals surface area contributed by atoms with Gasteiger partial charge in [0.15, 0.2) is 0 Å². The largest absolute Gasteiger partial charge is 0.378 e. The summed E-state index contributed by atoms with van der Waals surface area (Å²) >= 11 is 1.47. The highest BCUT2D eigenvalue weighted by atomic mass is 32.1. The smallest absolute Gasteiger partial charge is 0.352 e. The molecule has 0 fully saturated rings. The molecular formula is C13H11N7O2S. The number of hydrogen-bond acceptors (Lipinski definition) is 9. The van der Waals surface area contributed by atoms with E-state index in [0.717, 1.165) is 16.3 Å². The first kappa shape index (κ1) is 14.8. The van der Waals surface area contributed by atoms with Gasteiger partial charge in [-0.15, -0.1) is 11.3 Å². The first-order valence-electron chi connectivity index (χ1n) is 6.48. The fourth-order valence-electron chi connectivity index (χ4n) is 1.89. The van der Waals surface area contributed by atoms with Gasteiger partial charge in [-0.1, -0.05) is 0 Å². The second-order valence-corrected chi connectivity index (χ2v) is 5.31. The predicted molar refractivity (Wildman–Crippen MR) is 85.8 cm³/mol. The fraction of sp³-hybridized carbons (Fsp3) is 0.0769. The number of nitrogens with two attached hydrogens (primary N) is 1. The summed E-state index contributed by atoms with van der Waals surface area (Å²) in [4.78, 5) is 26.4. The highest BCUT2D eigenvalue weighted by Crippen LogP contribution is 2.27. The molecule has 3 aromatic heterocycles. The van der Waals surface area contributed by atoms with Crippen molar-refractivity contribution in [3.63, 3.8) is 0 Å². The molecule has 10 heteroatoms.